The van der Waals surface area contributed by atoms with Crippen LogP contribution in [0, 0.1) is 0 Å². The minimum absolute atomic E-state index is 0. The summed E-state index contributed by atoms with van der Waals surface area (Å²) in [5.74, 6) is 0. The number of para-hydroxylation sites is 2. The molecular weight excluding hydrogens is 602 g/mol. The van der Waals surface area contributed by atoms with E-state index in [9.17, 15) is 0 Å². The third-order valence-electron chi connectivity index (χ3n) is 7.84. The van der Waals surface area contributed by atoms with Gasteiger partial charge in [-0.2, -0.15) is 35.9 Å². The predicted octanol–water partition coefficient (Wildman–Crippen LogP) is 10.7. The Bertz CT molecular complexity index is 1650. The summed E-state index contributed by atoms with van der Waals surface area (Å²) in [5.41, 5.74) is 6.70. The molecule has 0 spiro atoms. The van der Waals surface area contributed by atoms with E-state index in [1.54, 1.807) is 0 Å². The third-order valence-corrected chi connectivity index (χ3v) is 12.6. The Labute approximate surface area is 271 Å². The van der Waals surface area contributed by atoms with Crippen LogP contribution in [0.3, 0.4) is 0 Å². The number of fused-ring (bicyclic) bond motifs is 2. The summed E-state index contributed by atoms with van der Waals surface area (Å²) >= 11 is 0. The maximum absolute atomic E-state index is 5.22. The van der Waals surface area contributed by atoms with Crippen molar-refractivity contribution in [3.8, 4) is 0 Å². The molecule has 0 N–H and O–H groups in total. The molecule has 2 heterocycles. The molecule has 2 aromatic heterocycles. The molecule has 1 atom stereocenters. The van der Waals surface area contributed by atoms with Gasteiger partial charge in [-0.15, -0.1) is 22.7 Å². The van der Waals surface area contributed by atoms with Crippen molar-refractivity contribution in [1.29, 1.82) is 0 Å². The summed E-state index contributed by atoms with van der Waals surface area (Å²) in [6, 6.07) is 42.3. The van der Waals surface area contributed by atoms with Crippen LogP contribution < -0.4 is 0 Å². The second kappa shape index (κ2) is 13.5. The first-order chi connectivity index (χ1) is 20.0. The van der Waals surface area contributed by atoms with Gasteiger partial charge in [-0.1, -0.05) is 96.2 Å². The second-order valence-electron chi connectivity index (χ2n) is 12.9. The number of pyridine rings is 2. The smallest absolute Gasteiger partial charge is 0.251 e. The van der Waals surface area contributed by atoms with E-state index in [1.807, 2.05) is 30.3 Å². The number of aromatic nitrogens is 2. The fourth-order valence-electron chi connectivity index (χ4n) is 5.93. The molecule has 0 radical (unpaired) electrons. The Balaban J connectivity index is 0.000000641. The Hall–Kier alpha value is -2.66. The van der Waals surface area contributed by atoms with E-state index in [4.69, 9.17) is 9.97 Å². The van der Waals surface area contributed by atoms with E-state index >= 15 is 0 Å². The molecule has 6 aromatic rings. The zero-order chi connectivity index (χ0) is 30.0. The van der Waals surface area contributed by atoms with Gasteiger partial charge in [-0.25, -0.2) is 18.2 Å². The average molecular weight is 645 g/mol. The van der Waals surface area contributed by atoms with Gasteiger partial charge in [0.25, 0.3) is 0 Å². The van der Waals surface area contributed by atoms with Gasteiger partial charge in [0.1, 0.15) is 0 Å². The van der Waals surface area contributed by atoms with Gasteiger partial charge >= 0.3 is 17.1 Å². The number of nitrogens with zero attached hydrogens (tertiary/aromatic N) is 2. The molecule has 0 bridgehead atoms. The molecule has 4 aromatic carbocycles. The monoisotopic (exact) mass is 644 g/mol. The molecule has 0 amide bonds. The van der Waals surface area contributed by atoms with Crippen LogP contribution in [0.1, 0.15) is 64.1 Å². The molecule has 222 valence electrons. The molecule has 6 rings (SSSR count). The molecule has 0 aliphatic rings. The second-order valence-corrected chi connectivity index (χ2v) is 17.7. The van der Waals surface area contributed by atoms with E-state index in [2.05, 4.69) is 142 Å². The number of rotatable bonds is 5. The summed E-state index contributed by atoms with van der Waals surface area (Å²) in [4.78, 5) is 10.4. The third kappa shape index (κ3) is 7.36. The van der Waals surface area contributed by atoms with Crippen LogP contribution in [-0.2, 0) is 28.4 Å². The molecule has 0 aliphatic heterocycles. The molecule has 2 nitrogen and oxygen atoms in total. The fraction of sp³-hybridized carbons (Fsp3) is 0.263. The minimum Gasteiger partial charge on any atom is -0.251 e. The molecule has 1 unspecified atom stereocenters. The van der Waals surface area contributed by atoms with Crippen LogP contribution in [0.25, 0.3) is 21.8 Å². The van der Waals surface area contributed by atoms with Crippen LogP contribution >= 0.6 is 17.2 Å². The molecule has 43 heavy (non-hydrogen) atoms. The van der Waals surface area contributed by atoms with E-state index in [0.29, 0.717) is 0 Å². The van der Waals surface area contributed by atoms with Crippen LogP contribution in [0.4, 0.5) is 0 Å². The Morgan fingerprint density at radius 3 is 1.56 bits per heavy atom. The first-order valence-electron chi connectivity index (χ1n) is 14.7. The molecular formula is C38H42FeN2P2. The maximum Gasteiger partial charge on any atom is 2.00 e. The SMILES string of the molecule is CC(C)(C)P(Cc1cc[cH-]c1C(P)(c1ccc2ccccc2n1)c1ccc2ccccc2n1)C(C)(C)C.[Fe+2].c1cc[cH-]c1. The van der Waals surface area contributed by atoms with Crippen molar-refractivity contribution in [2.45, 2.75) is 63.2 Å². The molecule has 5 heteroatoms. The summed E-state index contributed by atoms with van der Waals surface area (Å²) in [5, 5.41) is 2.22. The first-order valence-corrected chi connectivity index (χ1v) is 16.8. The minimum atomic E-state index is -0.566. The Morgan fingerprint density at radius 2 is 1.12 bits per heavy atom. The van der Waals surface area contributed by atoms with Gasteiger partial charge in [-0.05, 0) is 34.6 Å². The summed E-state index contributed by atoms with van der Waals surface area (Å²) < 4.78 is 0. The Morgan fingerprint density at radius 1 is 0.628 bits per heavy atom. The predicted molar refractivity (Wildman–Crippen MR) is 187 cm³/mol. The van der Waals surface area contributed by atoms with E-state index < -0.39 is 5.16 Å². The van der Waals surface area contributed by atoms with Crippen molar-refractivity contribution >= 4 is 39.0 Å². The quantitative estimate of drug-likeness (QED) is 0.106. The van der Waals surface area contributed by atoms with E-state index in [-0.39, 0.29) is 35.3 Å². The van der Waals surface area contributed by atoms with Crippen molar-refractivity contribution in [3.63, 3.8) is 0 Å². The van der Waals surface area contributed by atoms with Gasteiger partial charge in [0.2, 0.25) is 0 Å². The molecule has 0 saturated heterocycles. The van der Waals surface area contributed by atoms with Gasteiger partial charge in [0.05, 0.1) is 27.6 Å². The number of hydrogen-bond donors (Lipinski definition) is 0. The number of benzene rings is 2. The van der Waals surface area contributed by atoms with Crippen molar-refractivity contribution in [3.05, 3.63) is 144 Å². The van der Waals surface area contributed by atoms with E-state index in [0.717, 1.165) is 39.4 Å². The standard InChI is InChI=1S/C33H37N2P2.C5H5.Fe/c1-31(2,3)37(32(4,5)6)22-25-14-11-15-26(25)33(36,29-20-18-23-12-7-9-16-27(23)34-29)30-21-19-24-13-8-10-17-28(24)35-30;1-2-4-5-3-1;/h7-21H,22,36H2,1-6H3;1-5H;/q2*-1;+2. The molecule has 0 fully saturated rings. The van der Waals surface area contributed by atoms with Gasteiger partial charge in [0, 0.05) is 10.8 Å². The van der Waals surface area contributed by atoms with Crippen LogP contribution in [0.15, 0.2) is 121 Å². The topological polar surface area (TPSA) is 25.8 Å². The molecule has 0 saturated carbocycles. The van der Waals surface area contributed by atoms with Gasteiger partial charge in [-0.3, -0.25) is 9.97 Å². The number of hydrogen-bond acceptors (Lipinski definition) is 2. The summed E-state index contributed by atoms with van der Waals surface area (Å²) in [7, 11) is 2.89. The van der Waals surface area contributed by atoms with Crippen LogP contribution in [-0.4, -0.2) is 20.3 Å². The van der Waals surface area contributed by atoms with Crippen molar-refractivity contribution < 1.29 is 17.1 Å². The molecule has 0 aliphatic carbocycles. The van der Waals surface area contributed by atoms with Crippen molar-refractivity contribution in [2.24, 2.45) is 0 Å². The van der Waals surface area contributed by atoms with E-state index in [1.165, 1.54) is 11.1 Å². The zero-order valence-electron chi connectivity index (χ0n) is 26.0. The first kappa shape index (κ1) is 33.2. The maximum atomic E-state index is 5.22. The van der Waals surface area contributed by atoms with Crippen LogP contribution in [0.2, 0.25) is 0 Å². The largest absolute Gasteiger partial charge is 2.00 e. The van der Waals surface area contributed by atoms with Gasteiger partial charge in [0.15, 0.2) is 0 Å². The van der Waals surface area contributed by atoms with Gasteiger partial charge < -0.3 is 0 Å². The fourth-order valence-corrected chi connectivity index (χ4v) is 10.1. The normalized spacial score (nSPS) is 12.2. The zero-order valence-corrected chi connectivity index (χ0v) is 29.2. The van der Waals surface area contributed by atoms with Crippen molar-refractivity contribution in [2.75, 3.05) is 0 Å². The summed E-state index contributed by atoms with van der Waals surface area (Å²) in [6.45, 7) is 14.4. The average Bonchev–Trinajstić information content (AvgIpc) is 3.70. The summed E-state index contributed by atoms with van der Waals surface area (Å²) in [6.07, 6.45) is 1.07. The van der Waals surface area contributed by atoms with Crippen molar-refractivity contribution in [1.82, 2.24) is 9.97 Å². The van der Waals surface area contributed by atoms with Crippen LogP contribution in [0.5, 0.6) is 0 Å². The Kier molecular flexibility index (Phi) is 10.5.